The van der Waals surface area contributed by atoms with Gasteiger partial charge in [0.05, 0.1) is 17.4 Å². The van der Waals surface area contributed by atoms with E-state index in [0.717, 1.165) is 17.3 Å². The van der Waals surface area contributed by atoms with Crippen LogP contribution in [0.4, 0.5) is 11.5 Å². The highest BCUT2D eigenvalue weighted by Gasteiger charge is 2.12. The van der Waals surface area contributed by atoms with Crippen LogP contribution >= 0.6 is 11.8 Å². The van der Waals surface area contributed by atoms with Gasteiger partial charge in [-0.2, -0.15) is 5.10 Å². The van der Waals surface area contributed by atoms with E-state index in [9.17, 15) is 9.90 Å². The second-order valence-corrected chi connectivity index (χ2v) is 4.75. The second kappa shape index (κ2) is 5.79. The number of carboxylic acid groups (broad SMARTS) is 1. The van der Waals surface area contributed by atoms with Crippen molar-refractivity contribution in [1.29, 1.82) is 0 Å². The van der Waals surface area contributed by atoms with Gasteiger partial charge in [0, 0.05) is 17.5 Å². The molecule has 0 spiro atoms. The predicted octanol–water partition coefficient (Wildman–Crippen LogP) is 3.07. The number of hydrogen-bond donors (Lipinski definition) is 2. The molecule has 19 heavy (non-hydrogen) atoms. The Morgan fingerprint density at radius 2 is 2.26 bits per heavy atom. The first-order chi connectivity index (χ1) is 9.15. The minimum Gasteiger partial charge on any atom is -0.478 e. The summed E-state index contributed by atoms with van der Waals surface area (Å²) in [4.78, 5) is 12.2. The van der Waals surface area contributed by atoms with Gasteiger partial charge in [0.1, 0.15) is 5.82 Å². The average Bonchev–Trinajstić information content (AvgIpc) is 2.86. The zero-order valence-corrected chi connectivity index (χ0v) is 11.6. The number of aromatic nitrogens is 2. The van der Waals surface area contributed by atoms with Crippen molar-refractivity contribution in [2.75, 3.05) is 11.6 Å². The summed E-state index contributed by atoms with van der Waals surface area (Å²) >= 11 is 1.52. The van der Waals surface area contributed by atoms with Crippen molar-refractivity contribution < 1.29 is 9.90 Å². The number of nitrogens with zero attached hydrogens (tertiary/aromatic N) is 2. The summed E-state index contributed by atoms with van der Waals surface area (Å²) < 4.78 is 1.77. The highest BCUT2D eigenvalue weighted by atomic mass is 32.2. The van der Waals surface area contributed by atoms with Crippen LogP contribution < -0.4 is 5.32 Å². The fraction of sp³-hybridized carbons (Fsp3) is 0.231. The van der Waals surface area contributed by atoms with E-state index in [1.54, 1.807) is 23.0 Å². The SMILES string of the molecule is CCn1nccc1Nc1ccc(SC)cc1C(=O)O. The van der Waals surface area contributed by atoms with E-state index in [2.05, 4.69) is 10.4 Å². The monoisotopic (exact) mass is 277 g/mol. The molecule has 0 atom stereocenters. The molecule has 5 nitrogen and oxygen atoms in total. The molecule has 1 aromatic heterocycles. The van der Waals surface area contributed by atoms with Crippen LogP contribution in [0.15, 0.2) is 35.4 Å². The summed E-state index contributed by atoms with van der Waals surface area (Å²) in [6, 6.07) is 7.16. The van der Waals surface area contributed by atoms with Crippen molar-refractivity contribution in [3.05, 3.63) is 36.0 Å². The topological polar surface area (TPSA) is 67.2 Å². The first-order valence-electron chi connectivity index (χ1n) is 5.86. The smallest absolute Gasteiger partial charge is 0.337 e. The maximum absolute atomic E-state index is 11.3. The Bertz CT molecular complexity index is 595. The van der Waals surface area contributed by atoms with Crippen LogP contribution in [-0.2, 0) is 6.54 Å². The molecule has 0 aliphatic heterocycles. The standard InChI is InChI=1S/C13H15N3O2S/c1-3-16-12(6-7-14-16)15-11-5-4-9(19-2)8-10(11)13(17)18/h4-8,15H,3H2,1-2H3,(H,17,18). The third-order valence-corrected chi connectivity index (χ3v) is 3.46. The Morgan fingerprint density at radius 1 is 1.47 bits per heavy atom. The van der Waals surface area contributed by atoms with E-state index >= 15 is 0 Å². The van der Waals surface area contributed by atoms with Crippen molar-refractivity contribution in [2.24, 2.45) is 0 Å². The minimum absolute atomic E-state index is 0.260. The van der Waals surface area contributed by atoms with Crippen LogP contribution in [0.25, 0.3) is 0 Å². The summed E-state index contributed by atoms with van der Waals surface area (Å²) in [6.45, 7) is 2.70. The third kappa shape index (κ3) is 2.90. The molecule has 0 unspecified atom stereocenters. The van der Waals surface area contributed by atoms with Gasteiger partial charge >= 0.3 is 5.97 Å². The maximum atomic E-state index is 11.3. The molecule has 0 bridgehead atoms. The lowest BCUT2D eigenvalue weighted by molar-refractivity contribution is 0.0697. The van der Waals surface area contributed by atoms with Crippen LogP contribution in [0.1, 0.15) is 17.3 Å². The van der Waals surface area contributed by atoms with E-state index in [1.165, 1.54) is 11.8 Å². The lowest BCUT2D eigenvalue weighted by atomic mass is 10.2. The highest BCUT2D eigenvalue weighted by Crippen LogP contribution is 2.25. The zero-order valence-electron chi connectivity index (χ0n) is 10.8. The average molecular weight is 277 g/mol. The molecule has 0 radical (unpaired) electrons. The number of aryl methyl sites for hydroxylation is 1. The Balaban J connectivity index is 2.37. The van der Waals surface area contributed by atoms with E-state index in [-0.39, 0.29) is 5.56 Å². The van der Waals surface area contributed by atoms with Crippen LogP contribution in [0.2, 0.25) is 0 Å². The first-order valence-corrected chi connectivity index (χ1v) is 7.08. The molecule has 0 saturated heterocycles. The summed E-state index contributed by atoms with van der Waals surface area (Å²) in [5.41, 5.74) is 0.830. The van der Waals surface area contributed by atoms with Crippen molar-refractivity contribution in [2.45, 2.75) is 18.4 Å². The third-order valence-electron chi connectivity index (χ3n) is 2.74. The number of aromatic carboxylic acids is 1. The maximum Gasteiger partial charge on any atom is 0.337 e. The lowest BCUT2D eigenvalue weighted by Crippen LogP contribution is -2.07. The van der Waals surface area contributed by atoms with Gasteiger partial charge in [-0.05, 0) is 31.4 Å². The molecule has 0 aliphatic rings. The molecular weight excluding hydrogens is 262 g/mol. The van der Waals surface area contributed by atoms with Crippen molar-refractivity contribution >= 4 is 29.2 Å². The summed E-state index contributed by atoms with van der Waals surface area (Å²) in [7, 11) is 0. The Hall–Kier alpha value is -1.95. The van der Waals surface area contributed by atoms with E-state index < -0.39 is 5.97 Å². The number of anilines is 2. The van der Waals surface area contributed by atoms with Gasteiger partial charge in [0.25, 0.3) is 0 Å². The minimum atomic E-state index is -0.944. The van der Waals surface area contributed by atoms with Gasteiger partial charge in [0.15, 0.2) is 0 Å². The number of benzene rings is 1. The van der Waals surface area contributed by atoms with Crippen molar-refractivity contribution in [3.63, 3.8) is 0 Å². The van der Waals surface area contributed by atoms with Gasteiger partial charge in [-0.1, -0.05) is 0 Å². The molecule has 0 amide bonds. The number of carbonyl (C=O) groups is 1. The van der Waals surface area contributed by atoms with E-state index in [4.69, 9.17) is 0 Å². The Morgan fingerprint density at radius 3 is 2.89 bits per heavy atom. The van der Waals surface area contributed by atoms with Crippen molar-refractivity contribution in [1.82, 2.24) is 9.78 Å². The quantitative estimate of drug-likeness (QED) is 0.822. The normalized spacial score (nSPS) is 10.4. The van der Waals surface area contributed by atoms with Gasteiger partial charge in [-0.15, -0.1) is 11.8 Å². The zero-order chi connectivity index (χ0) is 13.8. The fourth-order valence-electron chi connectivity index (χ4n) is 1.77. The summed E-state index contributed by atoms with van der Waals surface area (Å²) in [6.07, 6.45) is 3.60. The molecule has 2 aromatic rings. The van der Waals surface area contributed by atoms with Crippen molar-refractivity contribution in [3.8, 4) is 0 Å². The summed E-state index contributed by atoms with van der Waals surface area (Å²) in [5, 5.41) is 16.5. The first kappa shape index (κ1) is 13.5. The Kier molecular flexibility index (Phi) is 4.11. The number of hydrogen-bond acceptors (Lipinski definition) is 4. The van der Waals surface area contributed by atoms with Crippen LogP contribution in [0.5, 0.6) is 0 Å². The lowest BCUT2D eigenvalue weighted by Gasteiger charge is -2.11. The summed E-state index contributed by atoms with van der Waals surface area (Å²) in [5.74, 6) is -0.164. The molecule has 100 valence electrons. The molecule has 1 heterocycles. The number of thioether (sulfide) groups is 1. The van der Waals surface area contributed by atoms with Crippen LogP contribution in [0, 0.1) is 0 Å². The molecule has 1 aromatic carbocycles. The molecule has 6 heteroatoms. The van der Waals surface area contributed by atoms with Gasteiger partial charge < -0.3 is 10.4 Å². The van der Waals surface area contributed by atoms with Gasteiger partial charge in [-0.3, -0.25) is 0 Å². The molecule has 2 N–H and O–H groups in total. The molecule has 0 fully saturated rings. The van der Waals surface area contributed by atoms with Crippen LogP contribution in [-0.4, -0.2) is 27.1 Å². The fourth-order valence-corrected chi connectivity index (χ4v) is 2.20. The largest absolute Gasteiger partial charge is 0.478 e. The number of nitrogens with one attached hydrogen (secondary N) is 1. The van der Waals surface area contributed by atoms with Gasteiger partial charge in [-0.25, -0.2) is 9.48 Å². The van der Waals surface area contributed by atoms with Gasteiger partial charge in [0.2, 0.25) is 0 Å². The molecule has 0 saturated carbocycles. The molecule has 2 rings (SSSR count). The molecular formula is C13H15N3O2S. The van der Waals surface area contributed by atoms with E-state index in [1.807, 2.05) is 25.3 Å². The predicted molar refractivity (Wildman–Crippen MR) is 76.4 cm³/mol. The number of carboxylic acids is 1. The highest BCUT2D eigenvalue weighted by molar-refractivity contribution is 7.98. The second-order valence-electron chi connectivity index (χ2n) is 3.87. The van der Waals surface area contributed by atoms with E-state index in [0.29, 0.717) is 5.69 Å². The van der Waals surface area contributed by atoms with Crippen LogP contribution in [0.3, 0.4) is 0 Å². The number of rotatable bonds is 5. The molecule has 0 aliphatic carbocycles. The Labute approximate surface area is 115 Å².